The summed E-state index contributed by atoms with van der Waals surface area (Å²) in [5.74, 6) is 0.975. The third-order valence-corrected chi connectivity index (χ3v) is 3.92. The standard InChI is InChI=1S/C9H14N2O/c12-8-9(3-4-10-8)7-1-5-11(9)6-2-7/h7H,1-6H2,(H,10,12). The quantitative estimate of drug-likeness (QED) is 0.548. The van der Waals surface area contributed by atoms with Crippen LogP contribution in [0.3, 0.4) is 0 Å². The molecule has 1 amide bonds. The number of carbonyl (C=O) groups is 1. The molecule has 3 saturated heterocycles. The topological polar surface area (TPSA) is 32.3 Å². The largest absolute Gasteiger partial charge is 0.354 e. The van der Waals surface area contributed by atoms with Gasteiger partial charge in [-0.1, -0.05) is 0 Å². The van der Waals surface area contributed by atoms with Crippen LogP contribution in [-0.2, 0) is 4.79 Å². The van der Waals surface area contributed by atoms with E-state index < -0.39 is 0 Å². The van der Waals surface area contributed by atoms with Crippen molar-refractivity contribution in [3.05, 3.63) is 0 Å². The number of hydrogen-bond donors (Lipinski definition) is 1. The van der Waals surface area contributed by atoms with Gasteiger partial charge in [0.2, 0.25) is 5.91 Å². The van der Waals surface area contributed by atoms with Gasteiger partial charge in [0, 0.05) is 6.54 Å². The Kier molecular flexibility index (Phi) is 1.16. The Morgan fingerprint density at radius 1 is 1.42 bits per heavy atom. The zero-order chi connectivity index (χ0) is 8.18. The molecule has 3 aliphatic heterocycles. The first-order chi connectivity index (χ1) is 5.84. The molecule has 0 aromatic carbocycles. The molecule has 0 saturated carbocycles. The summed E-state index contributed by atoms with van der Waals surface area (Å²) in [4.78, 5) is 14.1. The van der Waals surface area contributed by atoms with Crippen molar-refractivity contribution in [3.8, 4) is 0 Å². The molecule has 3 rings (SSSR count). The summed E-state index contributed by atoms with van der Waals surface area (Å²) in [5, 5.41) is 2.97. The van der Waals surface area contributed by atoms with Crippen molar-refractivity contribution in [1.82, 2.24) is 10.2 Å². The van der Waals surface area contributed by atoms with Gasteiger partial charge in [-0.2, -0.15) is 0 Å². The molecule has 12 heavy (non-hydrogen) atoms. The molecular weight excluding hydrogens is 152 g/mol. The summed E-state index contributed by atoms with van der Waals surface area (Å²) in [7, 11) is 0. The van der Waals surface area contributed by atoms with Gasteiger partial charge in [0.25, 0.3) is 0 Å². The zero-order valence-corrected chi connectivity index (χ0v) is 7.18. The second-order valence-electron chi connectivity index (χ2n) is 4.19. The Labute approximate surface area is 72.1 Å². The molecule has 0 aliphatic carbocycles. The molecule has 2 bridgehead atoms. The highest BCUT2D eigenvalue weighted by atomic mass is 16.2. The van der Waals surface area contributed by atoms with Crippen LogP contribution >= 0.6 is 0 Å². The van der Waals surface area contributed by atoms with E-state index in [4.69, 9.17) is 0 Å². The van der Waals surface area contributed by atoms with Crippen LogP contribution in [0.5, 0.6) is 0 Å². The lowest BCUT2D eigenvalue weighted by molar-refractivity contribution is -0.128. The molecule has 3 nitrogen and oxygen atoms in total. The number of nitrogens with zero attached hydrogens (tertiary/aromatic N) is 1. The maximum Gasteiger partial charge on any atom is 0.240 e. The second-order valence-corrected chi connectivity index (χ2v) is 4.19. The van der Waals surface area contributed by atoms with E-state index in [1.54, 1.807) is 0 Å². The Hall–Kier alpha value is -0.570. The molecule has 3 heterocycles. The average Bonchev–Trinajstić information content (AvgIpc) is 2.73. The van der Waals surface area contributed by atoms with Crippen LogP contribution < -0.4 is 5.32 Å². The first-order valence-electron chi connectivity index (χ1n) is 4.87. The van der Waals surface area contributed by atoms with Gasteiger partial charge in [-0.05, 0) is 38.3 Å². The summed E-state index contributed by atoms with van der Waals surface area (Å²) >= 11 is 0. The molecule has 1 spiro atoms. The van der Waals surface area contributed by atoms with Crippen LogP contribution in [0.2, 0.25) is 0 Å². The first kappa shape index (κ1) is 6.89. The number of rotatable bonds is 0. The smallest absolute Gasteiger partial charge is 0.240 e. The van der Waals surface area contributed by atoms with Crippen molar-refractivity contribution in [2.75, 3.05) is 19.6 Å². The van der Waals surface area contributed by atoms with Crippen LogP contribution in [-0.4, -0.2) is 36.0 Å². The van der Waals surface area contributed by atoms with Crippen molar-refractivity contribution < 1.29 is 4.79 Å². The van der Waals surface area contributed by atoms with Crippen molar-refractivity contribution in [2.24, 2.45) is 5.92 Å². The van der Waals surface area contributed by atoms with Gasteiger partial charge in [0.15, 0.2) is 0 Å². The minimum atomic E-state index is -0.0417. The lowest BCUT2D eigenvalue weighted by atomic mass is 9.85. The highest BCUT2D eigenvalue weighted by Crippen LogP contribution is 2.47. The molecule has 1 N–H and O–H groups in total. The van der Waals surface area contributed by atoms with Gasteiger partial charge in [0.05, 0.1) is 0 Å². The van der Waals surface area contributed by atoms with Crippen LogP contribution in [0.4, 0.5) is 0 Å². The molecule has 1 unspecified atom stereocenters. The van der Waals surface area contributed by atoms with E-state index in [9.17, 15) is 4.79 Å². The Bertz CT molecular complexity index is 219. The van der Waals surface area contributed by atoms with Crippen LogP contribution in [0.15, 0.2) is 0 Å². The van der Waals surface area contributed by atoms with Crippen LogP contribution in [0.25, 0.3) is 0 Å². The van der Waals surface area contributed by atoms with Crippen LogP contribution in [0, 0.1) is 5.92 Å². The summed E-state index contributed by atoms with van der Waals surface area (Å²) in [6, 6.07) is 0. The summed E-state index contributed by atoms with van der Waals surface area (Å²) < 4.78 is 0. The van der Waals surface area contributed by atoms with E-state index in [2.05, 4.69) is 10.2 Å². The van der Waals surface area contributed by atoms with E-state index in [0.717, 1.165) is 26.1 Å². The molecular formula is C9H14N2O. The fourth-order valence-corrected chi connectivity index (χ4v) is 3.34. The normalized spacial score (nSPS) is 50.5. The van der Waals surface area contributed by atoms with E-state index in [-0.39, 0.29) is 5.54 Å². The number of nitrogens with one attached hydrogen (secondary N) is 1. The lowest BCUT2D eigenvalue weighted by Gasteiger charge is -2.28. The number of carbonyl (C=O) groups excluding carboxylic acids is 1. The van der Waals surface area contributed by atoms with E-state index >= 15 is 0 Å². The minimum absolute atomic E-state index is 0.0417. The van der Waals surface area contributed by atoms with E-state index in [1.165, 1.54) is 12.8 Å². The number of hydrogen-bond acceptors (Lipinski definition) is 2. The Morgan fingerprint density at radius 2 is 2.17 bits per heavy atom. The molecule has 0 radical (unpaired) electrons. The van der Waals surface area contributed by atoms with Gasteiger partial charge < -0.3 is 5.32 Å². The summed E-state index contributed by atoms with van der Waals surface area (Å²) in [5.41, 5.74) is -0.0417. The predicted octanol–water partition coefficient (Wildman–Crippen LogP) is -0.0293. The number of piperidine rings is 1. The molecule has 3 fully saturated rings. The van der Waals surface area contributed by atoms with Crippen molar-refractivity contribution in [1.29, 1.82) is 0 Å². The summed E-state index contributed by atoms with van der Waals surface area (Å²) in [6.45, 7) is 3.20. The first-order valence-corrected chi connectivity index (χ1v) is 4.87. The minimum Gasteiger partial charge on any atom is -0.354 e. The van der Waals surface area contributed by atoms with E-state index in [1.807, 2.05) is 0 Å². The Morgan fingerprint density at radius 3 is 2.58 bits per heavy atom. The lowest BCUT2D eigenvalue weighted by Crippen LogP contribution is -2.48. The number of amides is 1. The predicted molar refractivity (Wildman–Crippen MR) is 44.7 cm³/mol. The van der Waals surface area contributed by atoms with E-state index in [0.29, 0.717) is 11.8 Å². The molecule has 0 aromatic heterocycles. The third kappa shape index (κ3) is 0.565. The third-order valence-electron chi connectivity index (χ3n) is 3.92. The summed E-state index contributed by atoms with van der Waals surface area (Å²) in [6.07, 6.45) is 3.54. The molecule has 1 atom stereocenters. The Balaban J connectivity index is 2.04. The maximum absolute atomic E-state index is 11.7. The highest BCUT2D eigenvalue weighted by molar-refractivity contribution is 5.89. The molecule has 0 aromatic rings. The van der Waals surface area contributed by atoms with Gasteiger partial charge in [-0.3, -0.25) is 9.69 Å². The van der Waals surface area contributed by atoms with Gasteiger partial charge in [0.1, 0.15) is 5.54 Å². The highest BCUT2D eigenvalue weighted by Gasteiger charge is 2.59. The monoisotopic (exact) mass is 166 g/mol. The van der Waals surface area contributed by atoms with Crippen molar-refractivity contribution >= 4 is 5.91 Å². The fraction of sp³-hybridized carbons (Fsp3) is 0.889. The van der Waals surface area contributed by atoms with Crippen LogP contribution in [0.1, 0.15) is 19.3 Å². The molecule has 66 valence electrons. The van der Waals surface area contributed by atoms with Gasteiger partial charge >= 0.3 is 0 Å². The second kappa shape index (κ2) is 2.02. The van der Waals surface area contributed by atoms with Gasteiger partial charge in [-0.15, -0.1) is 0 Å². The maximum atomic E-state index is 11.7. The SMILES string of the molecule is O=C1NCCC12C1CCN2CC1. The van der Waals surface area contributed by atoms with Crippen molar-refractivity contribution in [2.45, 2.75) is 24.8 Å². The molecule has 3 aliphatic rings. The average molecular weight is 166 g/mol. The zero-order valence-electron chi connectivity index (χ0n) is 7.18. The van der Waals surface area contributed by atoms with Gasteiger partial charge in [-0.25, -0.2) is 0 Å². The fourth-order valence-electron chi connectivity index (χ4n) is 3.34. The van der Waals surface area contributed by atoms with Crippen molar-refractivity contribution in [3.63, 3.8) is 0 Å². The molecule has 3 heteroatoms.